The third-order valence-corrected chi connectivity index (χ3v) is 4.59. The van der Waals surface area contributed by atoms with Crippen molar-refractivity contribution in [3.8, 4) is 5.75 Å². The number of nitrogens with zero attached hydrogens (tertiary/aromatic N) is 3. The number of fused-ring (bicyclic) bond motifs is 1. The molecule has 116 valence electrons. The minimum atomic E-state index is 0.513. The van der Waals surface area contributed by atoms with Crippen molar-refractivity contribution >= 4 is 0 Å². The quantitative estimate of drug-likeness (QED) is 0.943. The Bertz CT molecular complexity index is 646. The maximum Gasteiger partial charge on any atom is 0.122 e. The van der Waals surface area contributed by atoms with Crippen LogP contribution in [0.5, 0.6) is 5.75 Å². The van der Waals surface area contributed by atoms with E-state index in [9.17, 15) is 0 Å². The molecule has 1 saturated heterocycles. The molecular weight excluding hydrogens is 276 g/mol. The maximum absolute atomic E-state index is 5.67. The van der Waals surface area contributed by atoms with E-state index in [1.54, 1.807) is 0 Å². The molecule has 5 nitrogen and oxygen atoms in total. The lowest BCUT2D eigenvalue weighted by molar-refractivity contribution is 0.288. The van der Waals surface area contributed by atoms with Crippen LogP contribution in [-0.2, 0) is 13.0 Å². The van der Waals surface area contributed by atoms with Gasteiger partial charge in [0.15, 0.2) is 0 Å². The lowest BCUT2D eigenvalue weighted by Gasteiger charge is -2.20. The van der Waals surface area contributed by atoms with Crippen LogP contribution in [0.2, 0.25) is 0 Å². The van der Waals surface area contributed by atoms with Gasteiger partial charge in [-0.3, -0.25) is 0 Å². The van der Waals surface area contributed by atoms with Crippen LogP contribution in [0, 0.1) is 0 Å². The van der Waals surface area contributed by atoms with Gasteiger partial charge < -0.3 is 10.1 Å². The van der Waals surface area contributed by atoms with Crippen LogP contribution in [0.15, 0.2) is 24.4 Å². The first-order valence-corrected chi connectivity index (χ1v) is 8.24. The first-order valence-electron chi connectivity index (χ1n) is 8.24. The Hall–Kier alpha value is -1.88. The number of aromatic nitrogens is 3. The highest BCUT2D eigenvalue weighted by Gasteiger charge is 2.18. The molecule has 22 heavy (non-hydrogen) atoms. The van der Waals surface area contributed by atoms with E-state index < -0.39 is 0 Å². The number of aryl methyl sites for hydroxylation is 1. The fraction of sp³-hybridized carbons (Fsp3) is 0.529. The predicted molar refractivity (Wildman–Crippen MR) is 84.2 cm³/mol. The van der Waals surface area contributed by atoms with Gasteiger partial charge in [0.1, 0.15) is 5.75 Å². The second kappa shape index (κ2) is 6.08. The summed E-state index contributed by atoms with van der Waals surface area (Å²) in [4.78, 5) is 0. The Labute approximate surface area is 130 Å². The lowest BCUT2D eigenvalue weighted by atomic mass is 9.97. The van der Waals surface area contributed by atoms with Crippen LogP contribution in [-0.4, -0.2) is 34.7 Å². The van der Waals surface area contributed by atoms with Gasteiger partial charge in [-0.25, -0.2) is 4.68 Å². The van der Waals surface area contributed by atoms with Crippen LogP contribution in [0.3, 0.4) is 0 Å². The van der Waals surface area contributed by atoms with Gasteiger partial charge in [-0.05, 0) is 49.4 Å². The van der Waals surface area contributed by atoms with Crippen molar-refractivity contribution in [1.82, 2.24) is 20.3 Å². The third-order valence-electron chi connectivity index (χ3n) is 4.59. The van der Waals surface area contributed by atoms with Gasteiger partial charge in [-0.15, -0.1) is 5.10 Å². The van der Waals surface area contributed by atoms with E-state index in [2.05, 4.69) is 40.0 Å². The maximum atomic E-state index is 5.67. The van der Waals surface area contributed by atoms with Crippen LogP contribution >= 0.6 is 0 Å². The van der Waals surface area contributed by atoms with E-state index >= 15 is 0 Å². The van der Waals surface area contributed by atoms with Crippen molar-refractivity contribution in [1.29, 1.82) is 0 Å². The zero-order valence-corrected chi connectivity index (χ0v) is 12.8. The summed E-state index contributed by atoms with van der Waals surface area (Å²) in [5, 5.41) is 12.1. The molecule has 2 aromatic rings. The van der Waals surface area contributed by atoms with Crippen molar-refractivity contribution in [2.75, 3.05) is 19.7 Å². The molecule has 0 radical (unpaired) electrons. The number of hydrogen-bond acceptors (Lipinski definition) is 4. The average Bonchev–Trinajstić information content (AvgIpc) is 3.04. The second-order valence-corrected chi connectivity index (χ2v) is 6.28. The van der Waals surface area contributed by atoms with Crippen LogP contribution in [0.1, 0.15) is 42.0 Å². The highest BCUT2D eigenvalue weighted by molar-refractivity contribution is 5.38. The average molecular weight is 298 g/mol. The Morgan fingerprint density at radius 3 is 3.23 bits per heavy atom. The molecule has 5 heteroatoms. The van der Waals surface area contributed by atoms with Crippen molar-refractivity contribution in [3.63, 3.8) is 0 Å². The number of rotatable bonds is 3. The van der Waals surface area contributed by atoms with Crippen LogP contribution < -0.4 is 10.1 Å². The SMILES string of the molecule is c1cc2c(cc1Cn1cc([C@H]3CCCNC3)nn1)CCCO2. The molecule has 1 N–H and O–H groups in total. The van der Waals surface area contributed by atoms with Gasteiger partial charge in [0, 0.05) is 18.7 Å². The largest absolute Gasteiger partial charge is 0.493 e. The molecule has 0 amide bonds. The molecule has 2 aliphatic heterocycles. The zero-order valence-electron chi connectivity index (χ0n) is 12.8. The van der Waals surface area contributed by atoms with Crippen molar-refractivity contribution < 1.29 is 4.74 Å². The number of benzene rings is 1. The molecule has 0 bridgehead atoms. The molecule has 1 fully saturated rings. The van der Waals surface area contributed by atoms with Crippen molar-refractivity contribution in [2.45, 2.75) is 38.1 Å². The summed E-state index contributed by atoms with van der Waals surface area (Å²) in [5.74, 6) is 1.56. The molecular formula is C17H22N4O. The van der Waals surface area contributed by atoms with E-state index in [0.717, 1.165) is 50.5 Å². The molecule has 1 aromatic heterocycles. The monoisotopic (exact) mass is 298 g/mol. The minimum absolute atomic E-state index is 0.513. The summed E-state index contributed by atoms with van der Waals surface area (Å²) in [7, 11) is 0. The Balaban J connectivity index is 1.48. The van der Waals surface area contributed by atoms with Crippen molar-refractivity contribution in [2.24, 2.45) is 0 Å². The molecule has 0 saturated carbocycles. The standard InChI is InChI=1S/C17H22N4O/c1-3-15(10-18-7-1)16-12-21(20-19-16)11-13-5-6-17-14(9-13)4-2-8-22-17/h5-6,9,12,15,18H,1-4,7-8,10-11H2/t15-/m0/s1. The summed E-state index contributed by atoms with van der Waals surface area (Å²) >= 11 is 0. The van der Waals surface area contributed by atoms with Gasteiger partial charge in [0.2, 0.25) is 0 Å². The molecule has 0 spiro atoms. The zero-order chi connectivity index (χ0) is 14.8. The minimum Gasteiger partial charge on any atom is -0.493 e. The summed E-state index contributed by atoms with van der Waals surface area (Å²) in [5.41, 5.74) is 3.71. The lowest BCUT2D eigenvalue weighted by Crippen LogP contribution is -2.28. The highest BCUT2D eigenvalue weighted by Crippen LogP contribution is 2.26. The fourth-order valence-electron chi connectivity index (χ4n) is 3.38. The van der Waals surface area contributed by atoms with Crippen molar-refractivity contribution in [3.05, 3.63) is 41.2 Å². The second-order valence-electron chi connectivity index (χ2n) is 6.28. The Morgan fingerprint density at radius 1 is 1.32 bits per heavy atom. The smallest absolute Gasteiger partial charge is 0.122 e. The van der Waals surface area contributed by atoms with Gasteiger partial charge in [0.25, 0.3) is 0 Å². The van der Waals surface area contributed by atoms with Gasteiger partial charge in [-0.2, -0.15) is 0 Å². The highest BCUT2D eigenvalue weighted by atomic mass is 16.5. The first kappa shape index (κ1) is 13.8. The van der Waals surface area contributed by atoms with E-state index in [-0.39, 0.29) is 0 Å². The molecule has 4 rings (SSSR count). The first-order chi connectivity index (χ1) is 10.9. The predicted octanol–water partition coefficient (Wildman–Crippen LogP) is 2.12. The summed E-state index contributed by atoms with van der Waals surface area (Å²) in [6.07, 6.45) is 6.76. The summed E-state index contributed by atoms with van der Waals surface area (Å²) in [6, 6.07) is 6.47. The molecule has 0 aliphatic carbocycles. The number of hydrogen-bond donors (Lipinski definition) is 1. The summed E-state index contributed by atoms with van der Waals surface area (Å²) < 4.78 is 7.62. The molecule has 1 aromatic carbocycles. The van der Waals surface area contributed by atoms with E-state index in [0.29, 0.717) is 5.92 Å². The molecule has 1 atom stereocenters. The third kappa shape index (κ3) is 2.86. The van der Waals surface area contributed by atoms with Gasteiger partial charge in [-0.1, -0.05) is 17.3 Å². The Kier molecular flexibility index (Phi) is 3.81. The van der Waals surface area contributed by atoms with Gasteiger partial charge >= 0.3 is 0 Å². The van der Waals surface area contributed by atoms with Crippen LogP contribution in [0.4, 0.5) is 0 Å². The van der Waals surface area contributed by atoms with Crippen LogP contribution in [0.25, 0.3) is 0 Å². The normalized spacial score (nSPS) is 21.2. The number of ether oxygens (including phenoxy) is 1. The molecule has 0 unspecified atom stereocenters. The number of piperidine rings is 1. The summed E-state index contributed by atoms with van der Waals surface area (Å²) in [6.45, 7) is 3.77. The Morgan fingerprint density at radius 2 is 2.32 bits per heavy atom. The molecule has 3 heterocycles. The van der Waals surface area contributed by atoms with Gasteiger partial charge in [0.05, 0.1) is 18.8 Å². The van der Waals surface area contributed by atoms with E-state index in [1.807, 2.05) is 4.68 Å². The van der Waals surface area contributed by atoms with E-state index in [4.69, 9.17) is 4.74 Å². The number of nitrogens with one attached hydrogen (secondary N) is 1. The molecule has 2 aliphatic rings. The van der Waals surface area contributed by atoms with E-state index in [1.165, 1.54) is 24.0 Å². The fourth-order valence-corrected chi connectivity index (χ4v) is 3.38. The topological polar surface area (TPSA) is 52.0 Å².